The van der Waals surface area contributed by atoms with Crippen LogP contribution in [0.2, 0.25) is 0 Å². The molecule has 0 bridgehead atoms. The lowest BCUT2D eigenvalue weighted by Gasteiger charge is -2.07. The van der Waals surface area contributed by atoms with Crippen molar-refractivity contribution in [3.63, 3.8) is 0 Å². The smallest absolute Gasteiger partial charge is 0.0889 e. The zero-order valence-electron chi connectivity index (χ0n) is 12.7. The van der Waals surface area contributed by atoms with Crippen LogP contribution in [0.4, 0.5) is 11.4 Å². The monoisotopic (exact) mass is 296 g/mol. The summed E-state index contributed by atoms with van der Waals surface area (Å²) in [6.45, 7) is 0. The molecule has 1 aliphatic heterocycles. The van der Waals surface area contributed by atoms with Crippen LogP contribution in [-0.4, -0.2) is 11.4 Å². The molecule has 0 aliphatic carbocycles. The average Bonchev–Trinajstić information content (AvgIpc) is 2.83. The molecule has 1 aliphatic rings. The first-order valence-electron chi connectivity index (χ1n) is 7.75. The van der Waals surface area contributed by atoms with Crippen molar-refractivity contribution in [1.82, 2.24) is 0 Å². The van der Waals surface area contributed by atoms with Crippen molar-refractivity contribution in [3.05, 3.63) is 96.1 Å². The lowest BCUT2D eigenvalue weighted by atomic mass is 10.00. The number of hydrogen-bond acceptors (Lipinski definition) is 2. The van der Waals surface area contributed by atoms with Gasteiger partial charge in [0.1, 0.15) is 0 Å². The zero-order valence-corrected chi connectivity index (χ0v) is 12.7. The number of hydrogen-bond donors (Lipinski definition) is 0. The lowest BCUT2D eigenvalue weighted by molar-refractivity contribution is 1.44. The maximum absolute atomic E-state index is 4.89. The summed E-state index contributed by atoms with van der Waals surface area (Å²) in [5.41, 5.74) is 6.26. The molecule has 0 saturated heterocycles. The molecule has 23 heavy (non-hydrogen) atoms. The average molecular weight is 296 g/mol. The molecule has 0 atom stereocenters. The van der Waals surface area contributed by atoms with E-state index in [1.807, 2.05) is 60.7 Å². The van der Waals surface area contributed by atoms with Gasteiger partial charge in [-0.1, -0.05) is 72.8 Å². The zero-order chi connectivity index (χ0) is 15.5. The quantitative estimate of drug-likeness (QED) is 0.610. The van der Waals surface area contributed by atoms with E-state index in [0.717, 1.165) is 40.3 Å². The summed E-state index contributed by atoms with van der Waals surface area (Å²) in [7, 11) is 0. The molecule has 0 N–H and O–H groups in total. The van der Waals surface area contributed by atoms with Crippen molar-refractivity contribution >= 4 is 22.8 Å². The van der Waals surface area contributed by atoms with Gasteiger partial charge in [0.25, 0.3) is 0 Å². The summed E-state index contributed by atoms with van der Waals surface area (Å²) >= 11 is 0. The highest BCUT2D eigenvalue weighted by atomic mass is 14.9. The largest absolute Gasteiger partial charge is 0.250 e. The first-order valence-corrected chi connectivity index (χ1v) is 7.75. The molecule has 3 aromatic carbocycles. The fourth-order valence-corrected chi connectivity index (χ4v) is 2.78. The second-order valence-electron chi connectivity index (χ2n) is 5.51. The third-order valence-electron chi connectivity index (χ3n) is 3.94. The van der Waals surface area contributed by atoms with Gasteiger partial charge in [-0.3, -0.25) is 9.98 Å². The van der Waals surface area contributed by atoms with Crippen LogP contribution < -0.4 is 0 Å². The van der Waals surface area contributed by atoms with Gasteiger partial charge in [0.15, 0.2) is 0 Å². The standard InChI is InChI=1S/C21H16N2/c1-3-9-16(10-4-1)20-15-21(17-11-5-2-6-12-17)23-19-14-8-7-13-18(19)22-20/h1-14H,15H2. The number of nitrogens with zero attached hydrogens (tertiary/aromatic N) is 2. The van der Waals surface area contributed by atoms with Crippen LogP contribution in [0, 0.1) is 0 Å². The van der Waals surface area contributed by atoms with Crippen molar-refractivity contribution < 1.29 is 0 Å². The van der Waals surface area contributed by atoms with Gasteiger partial charge in [-0.05, 0) is 23.3 Å². The van der Waals surface area contributed by atoms with E-state index in [1.54, 1.807) is 0 Å². The minimum Gasteiger partial charge on any atom is -0.250 e. The first-order chi connectivity index (χ1) is 11.4. The SMILES string of the molecule is c1ccc(C2=Nc3ccccc3N=C(c3ccccc3)C2)cc1. The van der Waals surface area contributed by atoms with E-state index in [4.69, 9.17) is 9.98 Å². The predicted octanol–water partition coefficient (Wildman–Crippen LogP) is 5.33. The van der Waals surface area contributed by atoms with Crippen LogP contribution >= 0.6 is 0 Å². The van der Waals surface area contributed by atoms with Crippen LogP contribution in [0.15, 0.2) is 94.9 Å². The van der Waals surface area contributed by atoms with Crippen molar-refractivity contribution in [1.29, 1.82) is 0 Å². The van der Waals surface area contributed by atoms with Crippen molar-refractivity contribution in [3.8, 4) is 0 Å². The highest BCUT2D eigenvalue weighted by Gasteiger charge is 2.15. The Bertz CT molecular complexity index is 803. The molecule has 2 nitrogen and oxygen atoms in total. The lowest BCUT2D eigenvalue weighted by Crippen LogP contribution is -2.09. The fraction of sp³-hybridized carbons (Fsp3) is 0.0476. The Morgan fingerprint density at radius 3 is 1.30 bits per heavy atom. The molecule has 1 heterocycles. The highest BCUT2D eigenvalue weighted by molar-refractivity contribution is 6.20. The number of benzene rings is 3. The number of rotatable bonds is 2. The summed E-state index contributed by atoms with van der Waals surface area (Å²) in [4.78, 5) is 9.77. The third-order valence-corrected chi connectivity index (χ3v) is 3.94. The van der Waals surface area contributed by atoms with E-state index in [2.05, 4.69) is 24.3 Å². The number of para-hydroxylation sites is 2. The van der Waals surface area contributed by atoms with Gasteiger partial charge >= 0.3 is 0 Å². The Morgan fingerprint density at radius 2 is 0.870 bits per heavy atom. The molecule has 0 unspecified atom stereocenters. The summed E-state index contributed by atoms with van der Waals surface area (Å²) in [5.74, 6) is 0. The minimum absolute atomic E-state index is 0.725. The van der Waals surface area contributed by atoms with Gasteiger partial charge in [-0.2, -0.15) is 0 Å². The van der Waals surface area contributed by atoms with E-state index in [0.29, 0.717) is 0 Å². The summed E-state index contributed by atoms with van der Waals surface area (Å²) in [6, 6.07) is 28.7. The topological polar surface area (TPSA) is 24.7 Å². The predicted molar refractivity (Wildman–Crippen MR) is 96.3 cm³/mol. The molecule has 4 rings (SSSR count). The van der Waals surface area contributed by atoms with E-state index < -0.39 is 0 Å². The molecule has 3 aromatic rings. The van der Waals surface area contributed by atoms with Gasteiger partial charge in [-0.15, -0.1) is 0 Å². The number of fused-ring (bicyclic) bond motifs is 1. The maximum atomic E-state index is 4.89. The van der Waals surface area contributed by atoms with Crippen molar-refractivity contribution in [2.75, 3.05) is 0 Å². The minimum atomic E-state index is 0.725. The molecule has 0 radical (unpaired) electrons. The van der Waals surface area contributed by atoms with E-state index >= 15 is 0 Å². The Kier molecular flexibility index (Phi) is 3.57. The molecule has 0 spiro atoms. The van der Waals surface area contributed by atoms with Gasteiger partial charge in [0, 0.05) is 6.42 Å². The van der Waals surface area contributed by atoms with Gasteiger partial charge in [0.2, 0.25) is 0 Å². The normalized spacial score (nSPS) is 13.6. The Balaban J connectivity index is 1.87. The Hall–Kier alpha value is -3.00. The van der Waals surface area contributed by atoms with Crippen LogP contribution in [0.5, 0.6) is 0 Å². The van der Waals surface area contributed by atoms with Gasteiger partial charge in [0.05, 0.1) is 22.8 Å². The molecule has 0 saturated carbocycles. The summed E-state index contributed by atoms with van der Waals surface area (Å²) in [6.07, 6.45) is 0.725. The summed E-state index contributed by atoms with van der Waals surface area (Å²) < 4.78 is 0. The van der Waals surface area contributed by atoms with E-state index in [1.165, 1.54) is 0 Å². The Morgan fingerprint density at radius 1 is 0.478 bits per heavy atom. The third kappa shape index (κ3) is 2.84. The second kappa shape index (κ2) is 6.01. The molecular weight excluding hydrogens is 280 g/mol. The van der Waals surface area contributed by atoms with E-state index in [9.17, 15) is 0 Å². The maximum Gasteiger partial charge on any atom is 0.0889 e. The fourth-order valence-electron chi connectivity index (χ4n) is 2.78. The Labute approximate surface area is 135 Å². The molecule has 0 aromatic heterocycles. The molecular formula is C21H16N2. The molecule has 2 heteroatoms. The molecule has 0 fully saturated rings. The van der Waals surface area contributed by atoms with Crippen LogP contribution in [0.25, 0.3) is 0 Å². The second-order valence-corrected chi connectivity index (χ2v) is 5.51. The van der Waals surface area contributed by atoms with Crippen molar-refractivity contribution in [2.45, 2.75) is 6.42 Å². The highest BCUT2D eigenvalue weighted by Crippen LogP contribution is 2.32. The van der Waals surface area contributed by atoms with Crippen molar-refractivity contribution in [2.24, 2.45) is 9.98 Å². The van der Waals surface area contributed by atoms with Crippen LogP contribution in [0.1, 0.15) is 17.5 Å². The van der Waals surface area contributed by atoms with Gasteiger partial charge in [-0.25, -0.2) is 0 Å². The first kappa shape index (κ1) is 13.6. The van der Waals surface area contributed by atoms with Crippen LogP contribution in [0.3, 0.4) is 0 Å². The molecule has 0 amide bonds. The van der Waals surface area contributed by atoms with E-state index in [-0.39, 0.29) is 0 Å². The van der Waals surface area contributed by atoms with Gasteiger partial charge < -0.3 is 0 Å². The molecule has 110 valence electrons. The summed E-state index contributed by atoms with van der Waals surface area (Å²) in [5, 5.41) is 0. The van der Waals surface area contributed by atoms with Crippen LogP contribution in [-0.2, 0) is 0 Å². The number of aliphatic imine (C=N–C) groups is 2.